The molecular formula is C8H4ClF3N4. The van der Waals surface area contributed by atoms with Gasteiger partial charge in [0, 0.05) is 18.5 Å². The third kappa shape index (κ3) is 1.99. The monoisotopic (exact) mass is 248 g/mol. The first kappa shape index (κ1) is 10.9. The van der Waals surface area contributed by atoms with Gasteiger partial charge in [-0.05, 0) is 6.07 Å². The molecule has 0 unspecified atom stereocenters. The van der Waals surface area contributed by atoms with Gasteiger partial charge >= 0.3 is 6.18 Å². The molecule has 4 nitrogen and oxygen atoms in total. The Hall–Kier alpha value is -1.63. The number of rotatable bonds is 1. The van der Waals surface area contributed by atoms with Crippen LogP contribution in [0.1, 0.15) is 5.69 Å². The van der Waals surface area contributed by atoms with E-state index in [2.05, 4.69) is 15.1 Å². The van der Waals surface area contributed by atoms with Crippen LogP contribution in [0.4, 0.5) is 13.2 Å². The first-order chi connectivity index (χ1) is 7.48. The smallest absolute Gasteiger partial charge is 0.220 e. The molecule has 0 atom stereocenters. The van der Waals surface area contributed by atoms with Gasteiger partial charge in [0.15, 0.2) is 5.69 Å². The van der Waals surface area contributed by atoms with Crippen LogP contribution in [-0.2, 0) is 6.18 Å². The molecule has 2 aromatic heterocycles. The lowest BCUT2D eigenvalue weighted by atomic mass is 10.4. The highest BCUT2D eigenvalue weighted by atomic mass is 35.5. The van der Waals surface area contributed by atoms with Crippen molar-refractivity contribution in [1.29, 1.82) is 0 Å². The fourth-order valence-corrected chi connectivity index (χ4v) is 1.25. The van der Waals surface area contributed by atoms with E-state index in [0.29, 0.717) is 0 Å². The molecule has 2 aromatic rings. The minimum absolute atomic E-state index is 0.0111. The number of alkyl halides is 3. The summed E-state index contributed by atoms with van der Waals surface area (Å²) >= 11 is 5.61. The van der Waals surface area contributed by atoms with Gasteiger partial charge in [0.25, 0.3) is 5.95 Å². The quantitative estimate of drug-likeness (QED) is 0.778. The second-order valence-corrected chi connectivity index (χ2v) is 3.20. The molecule has 0 aliphatic heterocycles. The lowest BCUT2D eigenvalue weighted by Gasteiger charge is -2.01. The van der Waals surface area contributed by atoms with Gasteiger partial charge in [-0.25, -0.2) is 9.97 Å². The molecule has 84 valence electrons. The van der Waals surface area contributed by atoms with Crippen molar-refractivity contribution in [2.24, 2.45) is 0 Å². The summed E-state index contributed by atoms with van der Waals surface area (Å²) in [6.45, 7) is 0. The summed E-state index contributed by atoms with van der Waals surface area (Å²) in [4.78, 5) is 7.49. The number of halogens is 4. The lowest BCUT2D eigenvalue weighted by Crippen LogP contribution is -2.08. The van der Waals surface area contributed by atoms with Gasteiger partial charge in [0.05, 0.1) is 0 Å². The highest BCUT2D eigenvalue weighted by Gasteiger charge is 2.35. The standard InChI is InChI=1S/C8H4ClF3N4/c9-6-4-5(8(10,11)12)15-16(6)7-13-2-1-3-14-7/h1-4H. The Morgan fingerprint density at radius 1 is 1.19 bits per heavy atom. The average Bonchev–Trinajstić information content (AvgIpc) is 2.61. The molecular weight excluding hydrogens is 245 g/mol. The van der Waals surface area contributed by atoms with E-state index in [9.17, 15) is 13.2 Å². The number of nitrogens with zero attached hydrogens (tertiary/aromatic N) is 4. The van der Waals surface area contributed by atoms with Crippen molar-refractivity contribution in [2.75, 3.05) is 0 Å². The Labute approximate surface area is 92.7 Å². The van der Waals surface area contributed by atoms with Crippen molar-refractivity contribution in [1.82, 2.24) is 19.7 Å². The van der Waals surface area contributed by atoms with E-state index in [-0.39, 0.29) is 11.1 Å². The largest absolute Gasteiger partial charge is 0.435 e. The lowest BCUT2D eigenvalue weighted by molar-refractivity contribution is -0.141. The normalized spacial score (nSPS) is 11.8. The zero-order valence-electron chi connectivity index (χ0n) is 7.61. The summed E-state index contributed by atoms with van der Waals surface area (Å²) in [5.41, 5.74) is -1.08. The van der Waals surface area contributed by atoms with E-state index in [0.717, 1.165) is 10.7 Å². The van der Waals surface area contributed by atoms with Gasteiger partial charge in [-0.1, -0.05) is 11.6 Å². The highest BCUT2D eigenvalue weighted by Crippen LogP contribution is 2.30. The van der Waals surface area contributed by atoms with E-state index in [4.69, 9.17) is 11.6 Å². The zero-order chi connectivity index (χ0) is 11.8. The summed E-state index contributed by atoms with van der Waals surface area (Å²) in [6.07, 6.45) is -1.77. The Balaban J connectivity index is 2.48. The van der Waals surface area contributed by atoms with Crippen molar-refractivity contribution in [3.05, 3.63) is 35.4 Å². The van der Waals surface area contributed by atoms with E-state index in [1.165, 1.54) is 18.5 Å². The molecule has 0 aromatic carbocycles. The van der Waals surface area contributed by atoms with Crippen LogP contribution in [0.15, 0.2) is 24.5 Å². The van der Waals surface area contributed by atoms with E-state index >= 15 is 0 Å². The molecule has 16 heavy (non-hydrogen) atoms. The van der Waals surface area contributed by atoms with Gasteiger partial charge in [0.2, 0.25) is 0 Å². The first-order valence-electron chi connectivity index (χ1n) is 4.08. The molecule has 2 heterocycles. The number of aromatic nitrogens is 4. The predicted molar refractivity (Wildman–Crippen MR) is 49.2 cm³/mol. The zero-order valence-corrected chi connectivity index (χ0v) is 8.37. The average molecular weight is 249 g/mol. The molecule has 0 saturated heterocycles. The molecule has 0 aliphatic rings. The van der Waals surface area contributed by atoms with Crippen LogP contribution in [-0.4, -0.2) is 19.7 Å². The molecule has 0 aliphatic carbocycles. The summed E-state index contributed by atoms with van der Waals surface area (Å²) in [7, 11) is 0. The van der Waals surface area contributed by atoms with E-state index in [1.807, 2.05) is 0 Å². The summed E-state index contributed by atoms with van der Waals surface area (Å²) < 4.78 is 37.8. The molecule has 0 amide bonds. The highest BCUT2D eigenvalue weighted by molar-refractivity contribution is 6.29. The van der Waals surface area contributed by atoms with Gasteiger partial charge in [0.1, 0.15) is 5.15 Å². The Morgan fingerprint density at radius 3 is 2.31 bits per heavy atom. The molecule has 0 spiro atoms. The van der Waals surface area contributed by atoms with Gasteiger partial charge in [-0.15, -0.1) is 0 Å². The van der Waals surface area contributed by atoms with Crippen LogP contribution in [0, 0.1) is 0 Å². The summed E-state index contributed by atoms with van der Waals surface area (Å²) in [6, 6.07) is 2.25. The molecule has 2 rings (SSSR count). The molecule has 0 radical (unpaired) electrons. The van der Waals surface area contributed by atoms with E-state index < -0.39 is 11.9 Å². The number of hydrogen-bond donors (Lipinski definition) is 0. The molecule has 0 saturated carbocycles. The van der Waals surface area contributed by atoms with Crippen LogP contribution in [0.5, 0.6) is 0 Å². The minimum Gasteiger partial charge on any atom is -0.220 e. The Morgan fingerprint density at radius 2 is 1.81 bits per heavy atom. The van der Waals surface area contributed by atoms with Crippen LogP contribution in [0.2, 0.25) is 5.15 Å². The Bertz CT molecular complexity index is 494. The van der Waals surface area contributed by atoms with Crippen LogP contribution < -0.4 is 0 Å². The molecule has 8 heteroatoms. The fraction of sp³-hybridized carbons (Fsp3) is 0.125. The summed E-state index contributed by atoms with van der Waals surface area (Å²) in [5.74, 6) is -0.0111. The van der Waals surface area contributed by atoms with E-state index in [1.54, 1.807) is 0 Å². The van der Waals surface area contributed by atoms with Gasteiger partial charge in [-0.3, -0.25) is 0 Å². The third-order valence-corrected chi connectivity index (χ3v) is 1.97. The van der Waals surface area contributed by atoms with Crippen molar-refractivity contribution in [3.8, 4) is 5.95 Å². The predicted octanol–water partition coefficient (Wildman–Crippen LogP) is 2.33. The third-order valence-electron chi connectivity index (χ3n) is 1.70. The second kappa shape index (κ2) is 3.75. The second-order valence-electron chi connectivity index (χ2n) is 2.81. The maximum atomic E-state index is 12.3. The van der Waals surface area contributed by atoms with Gasteiger partial charge in [-0.2, -0.15) is 23.0 Å². The van der Waals surface area contributed by atoms with Crippen LogP contribution in [0.25, 0.3) is 5.95 Å². The SMILES string of the molecule is FC(F)(F)c1cc(Cl)n(-c2ncccn2)n1. The van der Waals surface area contributed by atoms with Crippen LogP contribution in [0.3, 0.4) is 0 Å². The molecule has 0 fully saturated rings. The van der Waals surface area contributed by atoms with Crippen LogP contribution >= 0.6 is 11.6 Å². The van der Waals surface area contributed by atoms with Crippen molar-refractivity contribution in [2.45, 2.75) is 6.18 Å². The topological polar surface area (TPSA) is 43.6 Å². The molecule has 0 bridgehead atoms. The Kier molecular flexibility index (Phi) is 2.55. The first-order valence-corrected chi connectivity index (χ1v) is 4.46. The maximum Gasteiger partial charge on any atom is 0.435 e. The van der Waals surface area contributed by atoms with Gasteiger partial charge < -0.3 is 0 Å². The maximum absolute atomic E-state index is 12.3. The number of hydrogen-bond acceptors (Lipinski definition) is 3. The minimum atomic E-state index is -4.54. The summed E-state index contributed by atoms with van der Waals surface area (Å²) in [5, 5.41) is 3.09. The van der Waals surface area contributed by atoms with Crippen molar-refractivity contribution in [3.63, 3.8) is 0 Å². The van der Waals surface area contributed by atoms with Crippen molar-refractivity contribution >= 4 is 11.6 Å². The van der Waals surface area contributed by atoms with Crippen molar-refractivity contribution < 1.29 is 13.2 Å². The fourth-order valence-electron chi connectivity index (χ4n) is 1.04. The molecule has 0 N–H and O–H groups in total.